The van der Waals surface area contributed by atoms with Gasteiger partial charge in [0.15, 0.2) is 4.96 Å². The van der Waals surface area contributed by atoms with Gasteiger partial charge in [0.2, 0.25) is 0 Å². The van der Waals surface area contributed by atoms with Gasteiger partial charge >= 0.3 is 0 Å². The minimum absolute atomic E-state index is 0.0168. The molecule has 2 aliphatic rings. The van der Waals surface area contributed by atoms with E-state index in [-0.39, 0.29) is 10.8 Å². The molecule has 2 aromatic heterocycles. The van der Waals surface area contributed by atoms with Crippen molar-refractivity contribution in [2.24, 2.45) is 16.7 Å². The maximum atomic E-state index is 11.5. The van der Waals surface area contributed by atoms with Gasteiger partial charge in [-0.1, -0.05) is 20.8 Å². The molecule has 4 heteroatoms. The van der Waals surface area contributed by atoms with Crippen molar-refractivity contribution in [3.05, 3.63) is 23.5 Å². The molecule has 2 bridgehead atoms. The molecular formula is C16H22N2OS. The van der Waals surface area contributed by atoms with Crippen LogP contribution in [-0.4, -0.2) is 20.1 Å². The molecule has 0 aromatic carbocycles. The molecule has 0 amide bonds. The Morgan fingerprint density at radius 3 is 2.90 bits per heavy atom. The number of imidazole rings is 1. The average molecular weight is 290 g/mol. The molecule has 2 heterocycles. The van der Waals surface area contributed by atoms with Crippen molar-refractivity contribution in [1.82, 2.24) is 9.38 Å². The Morgan fingerprint density at radius 1 is 1.45 bits per heavy atom. The van der Waals surface area contributed by atoms with Gasteiger partial charge in [-0.3, -0.25) is 4.40 Å². The number of fused-ring (bicyclic) bond motifs is 3. The monoisotopic (exact) mass is 290 g/mol. The Morgan fingerprint density at radius 2 is 2.25 bits per heavy atom. The summed E-state index contributed by atoms with van der Waals surface area (Å²) in [6.07, 6.45) is 8.38. The third-order valence-electron chi connectivity index (χ3n) is 6.41. The maximum Gasteiger partial charge on any atom is 0.193 e. The molecule has 3 unspecified atom stereocenters. The normalized spacial score (nSPS) is 38.9. The van der Waals surface area contributed by atoms with Crippen LogP contribution >= 0.6 is 11.3 Å². The number of thiazole rings is 1. The molecule has 2 fully saturated rings. The molecule has 3 nitrogen and oxygen atoms in total. The number of aliphatic hydroxyl groups is 1. The van der Waals surface area contributed by atoms with E-state index in [1.807, 2.05) is 11.6 Å². The molecule has 0 spiro atoms. The van der Waals surface area contributed by atoms with Crippen LogP contribution in [0.2, 0.25) is 0 Å². The second-order valence-corrected chi connectivity index (χ2v) is 8.46. The molecule has 0 saturated heterocycles. The van der Waals surface area contributed by atoms with E-state index in [0.29, 0.717) is 12.3 Å². The van der Waals surface area contributed by atoms with Crippen molar-refractivity contribution in [3.63, 3.8) is 0 Å². The zero-order valence-corrected chi connectivity index (χ0v) is 13.2. The summed E-state index contributed by atoms with van der Waals surface area (Å²) < 4.78 is 2.06. The van der Waals surface area contributed by atoms with E-state index < -0.39 is 5.60 Å². The fourth-order valence-electron chi connectivity index (χ4n) is 4.91. The van der Waals surface area contributed by atoms with Crippen LogP contribution in [0.15, 0.2) is 17.8 Å². The molecule has 0 aliphatic heterocycles. The lowest BCUT2D eigenvalue weighted by Crippen LogP contribution is -2.55. The summed E-state index contributed by atoms with van der Waals surface area (Å²) in [7, 11) is 0. The van der Waals surface area contributed by atoms with Crippen LogP contribution in [0.1, 0.15) is 45.7 Å². The van der Waals surface area contributed by atoms with Crippen molar-refractivity contribution >= 4 is 16.3 Å². The van der Waals surface area contributed by atoms with E-state index in [4.69, 9.17) is 0 Å². The summed E-state index contributed by atoms with van der Waals surface area (Å²) in [5, 5.41) is 13.6. The first-order valence-corrected chi connectivity index (χ1v) is 8.37. The quantitative estimate of drug-likeness (QED) is 0.919. The van der Waals surface area contributed by atoms with E-state index in [2.05, 4.69) is 36.4 Å². The van der Waals surface area contributed by atoms with Crippen molar-refractivity contribution < 1.29 is 5.11 Å². The summed E-state index contributed by atoms with van der Waals surface area (Å²) in [5.41, 5.74) is 0.434. The number of hydrogen-bond donors (Lipinski definition) is 1. The predicted octanol–water partition coefficient (Wildman–Crippen LogP) is 3.52. The van der Waals surface area contributed by atoms with Crippen LogP contribution in [-0.2, 0) is 6.42 Å². The first kappa shape index (κ1) is 12.8. The summed E-state index contributed by atoms with van der Waals surface area (Å²) >= 11 is 1.65. The van der Waals surface area contributed by atoms with Crippen LogP contribution in [0.5, 0.6) is 0 Å². The van der Waals surface area contributed by atoms with Crippen molar-refractivity contribution in [2.75, 3.05) is 0 Å². The Kier molecular flexibility index (Phi) is 2.35. The minimum atomic E-state index is -0.632. The Hall–Kier alpha value is -0.870. The lowest BCUT2D eigenvalue weighted by molar-refractivity contribution is -0.142. The lowest BCUT2D eigenvalue weighted by atomic mass is 9.59. The van der Waals surface area contributed by atoms with Crippen molar-refractivity contribution in [2.45, 2.75) is 52.1 Å². The molecular weight excluding hydrogens is 268 g/mol. The molecule has 3 atom stereocenters. The zero-order valence-electron chi connectivity index (χ0n) is 12.4. The smallest absolute Gasteiger partial charge is 0.193 e. The van der Waals surface area contributed by atoms with Crippen LogP contribution in [0, 0.1) is 16.7 Å². The minimum Gasteiger partial charge on any atom is -0.388 e. The van der Waals surface area contributed by atoms with Gasteiger partial charge in [-0.2, -0.15) is 0 Å². The van der Waals surface area contributed by atoms with E-state index in [1.165, 1.54) is 12.8 Å². The van der Waals surface area contributed by atoms with Crippen molar-refractivity contribution in [1.29, 1.82) is 0 Å². The highest BCUT2D eigenvalue weighted by Gasteiger charge is 2.68. The fraction of sp³-hybridized carbons (Fsp3) is 0.688. The molecule has 108 valence electrons. The molecule has 2 aliphatic carbocycles. The molecule has 2 saturated carbocycles. The SMILES string of the molecule is CC12CCC(C1)C(C)(C)C2(O)Cc1cn2ccsc2n1. The highest BCUT2D eigenvalue weighted by molar-refractivity contribution is 7.15. The van der Waals surface area contributed by atoms with Crippen molar-refractivity contribution in [3.8, 4) is 0 Å². The van der Waals surface area contributed by atoms with Crippen LogP contribution < -0.4 is 0 Å². The molecule has 1 N–H and O–H groups in total. The molecule has 0 radical (unpaired) electrons. The second-order valence-electron chi connectivity index (χ2n) is 7.58. The van der Waals surface area contributed by atoms with Gasteiger partial charge in [-0.15, -0.1) is 11.3 Å². The first-order chi connectivity index (χ1) is 9.36. The number of aromatic nitrogens is 2. The Bertz CT molecular complexity index is 638. The van der Waals surface area contributed by atoms with Gasteiger partial charge in [0.1, 0.15) is 0 Å². The van der Waals surface area contributed by atoms with Gasteiger partial charge < -0.3 is 5.11 Å². The first-order valence-electron chi connectivity index (χ1n) is 7.49. The van der Waals surface area contributed by atoms with Gasteiger partial charge in [-0.05, 0) is 36.0 Å². The summed E-state index contributed by atoms with van der Waals surface area (Å²) in [5.74, 6) is 0.654. The van der Waals surface area contributed by atoms with Crippen LogP contribution in [0.3, 0.4) is 0 Å². The zero-order chi connectivity index (χ0) is 14.2. The van der Waals surface area contributed by atoms with Crippen LogP contribution in [0.4, 0.5) is 0 Å². The Balaban J connectivity index is 1.74. The number of rotatable bonds is 2. The second kappa shape index (κ2) is 3.66. The Labute approximate surface area is 123 Å². The number of hydrogen-bond acceptors (Lipinski definition) is 3. The molecule has 2 aromatic rings. The summed E-state index contributed by atoms with van der Waals surface area (Å²) in [4.78, 5) is 5.71. The number of nitrogens with zero attached hydrogens (tertiary/aromatic N) is 2. The largest absolute Gasteiger partial charge is 0.388 e. The standard InChI is InChI=1S/C16H22N2OS/c1-14(2)11-4-5-15(3,8-11)16(14,19)9-12-10-18-6-7-20-13(18)17-12/h6-7,10-11,19H,4-5,8-9H2,1-3H3. The maximum absolute atomic E-state index is 11.5. The molecule has 20 heavy (non-hydrogen) atoms. The van der Waals surface area contributed by atoms with Gasteiger partial charge in [0.05, 0.1) is 11.3 Å². The highest BCUT2D eigenvalue weighted by Crippen LogP contribution is 2.68. The van der Waals surface area contributed by atoms with E-state index in [0.717, 1.165) is 17.1 Å². The summed E-state index contributed by atoms with van der Waals surface area (Å²) in [6.45, 7) is 6.78. The van der Waals surface area contributed by atoms with Gasteiger partial charge in [-0.25, -0.2) is 4.98 Å². The van der Waals surface area contributed by atoms with Crippen LogP contribution in [0.25, 0.3) is 4.96 Å². The lowest BCUT2D eigenvalue weighted by Gasteiger charge is -2.50. The third-order valence-corrected chi connectivity index (χ3v) is 7.18. The fourth-order valence-corrected chi connectivity index (χ4v) is 5.63. The highest BCUT2D eigenvalue weighted by atomic mass is 32.1. The third kappa shape index (κ3) is 1.37. The predicted molar refractivity (Wildman–Crippen MR) is 81.0 cm³/mol. The average Bonchev–Trinajstić information content (AvgIpc) is 3.04. The topological polar surface area (TPSA) is 37.5 Å². The summed E-state index contributed by atoms with van der Waals surface area (Å²) in [6, 6.07) is 0. The van der Waals surface area contributed by atoms with E-state index in [9.17, 15) is 5.11 Å². The van der Waals surface area contributed by atoms with Gasteiger partial charge in [0.25, 0.3) is 0 Å². The van der Waals surface area contributed by atoms with E-state index in [1.54, 1.807) is 11.3 Å². The van der Waals surface area contributed by atoms with E-state index >= 15 is 0 Å². The van der Waals surface area contributed by atoms with Gasteiger partial charge in [0, 0.05) is 24.2 Å². The molecule has 4 rings (SSSR count).